The lowest BCUT2D eigenvalue weighted by Gasteiger charge is -2.23. The molecular weight excluding hydrogens is 435 g/mol. The largest absolute Gasteiger partial charge is 0.444 e. The monoisotopic (exact) mass is 464 g/mol. The van der Waals surface area contributed by atoms with E-state index in [4.69, 9.17) is 33.7 Å². The number of hydrogen-bond acceptors (Lipinski definition) is 5. The second-order valence-corrected chi connectivity index (χ2v) is 8.52. The SMILES string of the molecule is C=CC[C@H](N)c1cc(Cl)ccn1.C=CC[C@H](NC(=O)OC(C)(C)C)c1cc(Cl)ccn1. The van der Waals surface area contributed by atoms with Crippen LogP contribution in [0.25, 0.3) is 0 Å². The van der Waals surface area contributed by atoms with Crippen LogP contribution in [0.2, 0.25) is 10.0 Å². The van der Waals surface area contributed by atoms with Crippen molar-refractivity contribution in [3.05, 3.63) is 83.4 Å². The summed E-state index contributed by atoms with van der Waals surface area (Å²) in [5, 5.41) is 4.00. The maximum atomic E-state index is 11.8. The quantitative estimate of drug-likeness (QED) is 0.476. The van der Waals surface area contributed by atoms with E-state index in [0.717, 1.165) is 5.69 Å². The molecule has 0 radical (unpaired) electrons. The molecule has 0 bridgehead atoms. The molecule has 0 saturated carbocycles. The molecule has 0 spiro atoms. The zero-order valence-corrected chi connectivity index (χ0v) is 19.7. The lowest BCUT2D eigenvalue weighted by molar-refractivity contribution is 0.0503. The van der Waals surface area contributed by atoms with Crippen LogP contribution in [0, 0.1) is 0 Å². The Morgan fingerprint density at radius 1 is 1.10 bits per heavy atom. The number of nitrogens with two attached hydrogens (primary N) is 1. The van der Waals surface area contributed by atoms with E-state index < -0.39 is 11.7 Å². The fourth-order valence-corrected chi connectivity index (χ4v) is 2.74. The number of carbonyl (C=O) groups excluding carboxylic acids is 1. The first kappa shape index (κ1) is 26.6. The van der Waals surface area contributed by atoms with Gasteiger partial charge in [0.25, 0.3) is 0 Å². The zero-order valence-electron chi connectivity index (χ0n) is 18.1. The van der Waals surface area contributed by atoms with Crippen molar-refractivity contribution in [1.82, 2.24) is 15.3 Å². The molecular formula is C23H30Cl2N4O2. The number of nitrogens with one attached hydrogen (secondary N) is 1. The molecule has 0 unspecified atom stereocenters. The van der Waals surface area contributed by atoms with Crippen LogP contribution < -0.4 is 11.1 Å². The first-order chi connectivity index (χ1) is 14.6. The molecule has 168 valence electrons. The van der Waals surface area contributed by atoms with E-state index >= 15 is 0 Å². The minimum atomic E-state index is -0.537. The van der Waals surface area contributed by atoms with Crippen molar-refractivity contribution < 1.29 is 9.53 Å². The van der Waals surface area contributed by atoms with Crippen LogP contribution in [0.5, 0.6) is 0 Å². The molecule has 2 heterocycles. The summed E-state index contributed by atoms with van der Waals surface area (Å²) < 4.78 is 5.22. The third-order valence-corrected chi connectivity index (χ3v) is 4.21. The van der Waals surface area contributed by atoms with Crippen molar-refractivity contribution in [2.24, 2.45) is 5.73 Å². The summed E-state index contributed by atoms with van der Waals surface area (Å²) in [6, 6.07) is 6.50. The van der Waals surface area contributed by atoms with E-state index in [1.54, 1.807) is 48.8 Å². The van der Waals surface area contributed by atoms with Gasteiger partial charge < -0.3 is 15.8 Å². The molecule has 0 aliphatic heterocycles. The van der Waals surface area contributed by atoms with Crippen LogP contribution in [0.3, 0.4) is 0 Å². The Balaban J connectivity index is 0.000000343. The lowest BCUT2D eigenvalue weighted by Crippen LogP contribution is -2.35. The first-order valence-electron chi connectivity index (χ1n) is 9.75. The number of ether oxygens (including phenoxy) is 1. The zero-order chi connectivity index (χ0) is 23.4. The molecule has 2 atom stereocenters. The van der Waals surface area contributed by atoms with E-state index in [9.17, 15) is 4.79 Å². The van der Waals surface area contributed by atoms with E-state index in [1.165, 1.54) is 0 Å². The average Bonchev–Trinajstić information content (AvgIpc) is 2.67. The van der Waals surface area contributed by atoms with Crippen LogP contribution >= 0.6 is 23.2 Å². The Bertz CT molecular complexity index is 869. The van der Waals surface area contributed by atoms with Gasteiger partial charge in [0.2, 0.25) is 0 Å². The minimum absolute atomic E-state index is 0.0961. The highest BCUT2D eigenvalue weighted by Crippen LogP contribution is 2.19. The van der Waals surface area contributed by atoms with Gasteiger partial charge in [-0.1, -0.05) is 35.4 Å². The van der Waals surface area contributed by atoms with E-state index in [2.05, 4.69) is 28.4 Å². The summed E-state index contributed by atoms with van der Waals surface area (Å²) in [6.07, 6.45) is 7.52. The van der Waals surface area contributed by atoms with Crippen LogP contribution in [-0.2, 0) is 4.74 Å². The van der Waals surface area contributed by atoms with Gasteiger partial charge in [0.15, 0.2) is 0 Å². The number of alkyl carbamates (subject to hydrolysis) is 1. The normalized spacial score (nSPS) is 12.6. The Morgan fingerprint density at radius 3 is 2.10 bits per heavy atom. The standard InChI is InChI=1S/C14H19ClN2O2.C9H11ClN2/c1-5-6-11(12-9-10(15)7-8-16-12)17-13(18)19-14(2,3)4;1-2-3-8(11)9-6-7(10)4-5-12-9/h5,7-9,11H,1,6H2,2-4H3,(H,17,18);2,4-6,8H,1,3,11H2/t11-;8-/m00/s1. The maximum Gasteiger partial charge on any atom is 0.408 e. The number of pyridine rings is 2. The third kappa shape index (κ3) is 11.0. The van der Waals surface area contributed by atoms with Crippen LogP contribution in [-0.4, -0.2) is 21.7 Å². The molecule has 3 N–H and O–H groups in total. The second kappa shape index (κ2) is 13.1. The summed E-state index contributed by atoms with van der Waals surface area (Å²) in [7, 11) is 0. The maximum absolute atomic E-state index is 11.8. The highest BCUT2D eigenvalue weighted by atomic mass is 35.5. The van der Waals surface area contributed by atoms with Gasteiger partial charge in [0, 0.05) is 22.4 Å². The topological polar surface area (TPSA) is 90.1 Å². The van der Waals surface area contributed by atoms with Gasteiger partial charge in [0.1, 0.15) is 5.60 Å². The van der Waals surface area contributed by atoms with Gasteiger partial charge in [-0.05, 0) is 57.9 Å². The molecule has 6 nitrogen and oxygen atoms in total. The molecule has 0 fully saturated rings. The van der Waals surface area contributed by atoms with Gasteiger partial charge in [-0.15, -0.1) is 13.2 Å². The second-order valence-electron chi connectivity index (χ2n) is 7.65. The Hall–Kier alpha value is -2.41. The molecule has 1 amide bonds. The van der Waals surface area contributed by atoms with Gasteiger partial charge in [-0.3, -0.25) is 9.97 Å². The van der Waals surface area contributed by atoms with Crippen molar-refractivity contribution in [2.75, 3.05) is 0 Å². The van der Waals surface area contributed by atoms with Crippen molar-refractivity contribution in [3.8, 4) is 0 Å². The van der Waals surface area contributed by atoms with Gasteiger partial charge >= 0.3 is 6.09 Å². The van der Waals surface area contributed by atoms with Gasteiger partial charge in [0.05, 0.1) is 23.5 Å². The Labute approximate surface area is 194 Å². The van der Waals surface area contributed by atoms with E-state index in [1.807, 2.05) is 20.8 Å². The summed E-state index contributed by atoms with van der Waals surface area (Å²) in [5.74, 6) is 0. The van der Waals surface area contributed by atoms with Gasteiger partial charge in [-0.25, -0.2) is 4.79 Å². The van der Waals surface area contributed by atoms with Crippen LogP contribution in [0.15, 0.2) is 62.0 Å². The predicted octanol–water partition coefficient (Wildman–Crippen LogP) is 6.19. The van der Waals surface area contributed by atoms with Gasteiger partial charge in [-0.2, -0.15) is 0 Å². The Kier molecular flexibility index (Phi) is 11.3. The van der Waals surface area contributed by atoms with Crippen LogP contribution in [0.4, 0.5) is 4.79 Å². The number of nitrogens with zero attached hydrogens (tertiary/aromatic N) is 2. The summed E-state index contributed by atoms with van der Waals surface area (Å²) in [4.78, 5) is 20.1. The average molecular weight is 465 g/mol. The minimum Gasteiger partial charge on any atom is -0.444 e. The predicted molar refractivity (Wildman–Crippen MR) is 127 cm³/mol. The lowest BCUT2D eigenvalue weighted by atomic mass is 10.1. The van der Waals surface area contributed by atoms with Crippen molar-refractivity contribution in [1.29, 1.82) is 0 Å². The number of halogens is 2. The highest BCUT2D eigenvalue weighted by Gasteiger charge is 2.20. The fourth-order valence-electron chi connectivity index (χ4n) is 2.41. The fraction of sp³-hybridized carbons (Fsp3) is 0.348. The number of hydrogen-bond donors (Lipinski definition) is 2. The molecule has 0 aliphatic carbocycles. The third-order valence-electron chi connectivity index (χ3n) is 3.74. The molecule has 0 aliphatic rings. The summed E-state index contributed by atoms with van der Waals surface area (Å²) in [5.41, 5.74) is 6.73. The van der Waals surface area contributed by atoms with E-state index in [0.29, 0.717) is 28.6 Å². The summed E-state index contributed by atoms with van der Waals surface area (Å²) >= 11 is 11.7. The molecule has 2 rings (SSSR count). The van der Waals surface area contributed by atoms with Crippen molar-refractivity contribution >= 4 is 29.3 Å². The molecule has 2 aromatic rings. The molecule has 2 aromatic heterocycles. The number of aromatic nitrogens is 2. The number of rotatable bonds is 7. The molecule has 0 saturated heterocycles. The van der Waals surface area contributed by atoms with Crippen LogP contribution in [0.1, 0.15) is 57.1 Å². The highest BCUT2D eigenvalue weighted by molar-refractivity contribution is 6.30. The molecule has 31 heavy (non-hydrogen) atoms. The Morgan fingerprint density at radius 2 is 1.61 bits per heavy atom. The smallest absolute Gasteiger partial charge is 0.408 e. The first-order valence-corrected chi connectivity index (χ1v) is 10.5. The van der Waals surface area contributed by atoms with Crippen molar-refractivity contribution in [2.45, 2.75) is 51.3 Å². The number of carbonyl (C=O) groups is 1. The van der Waals surface area contributed by atoms with E-state index in [-0.39, 0.29) is 12.1 Å². The van der Waals surface area contributed by atoms with Crippen molar-refractivity contribution in [3.63, 3.8) is 0 Å². The number of amides is 1. The molecule has 0 aromatic carbocycles. The summed E-state index contributed by atoms with van der Waals surface area (Å²) in [6.45, 7) is 12.7. The molecule has 8 heteroatoms.